The first-order chi connectivity index (χ1) is 7.89. The van der Waals surface area contributed by atoms with Crippen LogP contribution in [0.5, 0.6) is 0 Å². The molecule has 1 aromatic heterocycles. The van der Waals surface area contributed by atoms with E-state index in [9.17, 15) is 8.42 Å². The quantitative estimate of drug-likeness (QED) is 0.850. The van der Waals surface area contributed by atoms with Crippen LogP contribution in [0.4, 0.5) is 0 Å². The van der Waals surface area contributed by atoms with Crippen LogP contribution in [-0.4, -0.2) is 24.9 Å². The predicted molar refractivity (Wildman–Crippen MR) is 62.9 cm³/mol. The summed E-state index contributed by atoms with van der Waals surface area (Å²) >= 11 is 11.9. The first-order valence-corrected chi connectivity index (χ1v) is 7.02. The van der Waals surface area contributed by atoms with Crippen LogP contribution < -0.4 is 0 Å². The Morgan fingerprint density at radius 1 is 1.18 bits per heavy atom. The van der Waals surface area contributed by atoms with Gasteiger partial charge in [0.15, 0.2) is 0 Å². The average Bonchev–Trinajstić information content (AvgIpc) is 2.65. The van der Waals surface area contributed by atoms with Gasteiger partial charge in [0.1, 0.15) is 0 Å². The fourth-order valence-electron chi connectivity index (χ4n) is 1.16. The van der Waals surface area contributed by atoms with Crippen LogP contribution >= 0.6 is 23.2 Å². The van der Waals surface area contributed by atoms with E-state index in [4.69, 9.17) is 27.6 Å². The molecule has 0 N–H and O–H groups in total. The van der Waals surface area contributed by atoms with Crippen molar-refractivity contribution in [1.82, 2.24) is 10.2 Å². The van der Waals surface area contributed by atoms with Crippen LogP contribution in [0.3, 0.4) is 0 Å². The molecule has 0 radical (unpaired) electrons. The summed E-state index contributed by atoms with van der Waals surface area (Å²) in [5.41, 5.74) is 0.318. The van der Waals surface area contributed by atoms with Gasteiger partial charge in [-0.1, -0.05) is 34.4 Å². The smallest absolute Gasteiger partial charge is 0.335 e. The van der Waals surface area contributed by atoms with Crippen LogP contribution in [0.2, 0.25) is 10.0 Å². The number of aromatic nitrogens is 2. The lowest BCUT2D eigenvalue weighted by Crippen LogP contribution is -1.96. The Bertz CT molecular complexity index is 646. The minimum atomic E-state index is -3.54. The molecule has 1 heterocycles. The third-order valence-electron chi connectivity index (χ3n) is 1.90. The van der Waals surface area contributed by atoms with Crippen molar-refractivity contribution in [3.05, 3.63) is 28.2 Å². The standard InChI is InChI=1S/C9H6Cl2N2O3S/c1-17(14,15)9-13-12-8(16-9)7-5(10)3-2-4-6(7)11/h2-4H,1H3. The monoisotopic (exact) mass is 292 g/mol. The highest BCUT2D eigenvalue weighted by Gasteiger charge is 2.20. The zero-order chi connectivity index (χ0) is 12.6. The van der Waals surface area contributed by atoms with Gasteiger partial charge in [-0.2, -0.15) is 0 Å². The van der Waals surface area contributed by atoms with Crippen LogP contribution in [0, 0.1) is 0 Å². The van der Waals surface area contributed by atoms with Crippen molar-refractivity contribution in [2.45, 2.75) is 5.22 Å². The molecule has 0 saturated heterocycles. The predicted octanol–water partition coefficient (Wildman–Crippen LogP) is 2.45. The first kappa shape index (κ1) is 12.3. The number of hydrogen-bond donors (Lipinski definition) is 0. The molecule has 17 heavy (non-hydrogen) atoms. The Morgan fingerprint density at radius 2 is 1.76 bits per heavy atom. The van der Waals surface area contributed by atoms with Gasteiger partial charge in [0, 0.05) is 6.26 Å². The molecular weight excluding hydrogens is 287 g/mol. The number of halogens is 2. The van der Waals surface area contributed by atoms with Crippen LogP contribution in [0.25, 0.3) is 11.5 Å². The Labute approximate surface area is 107 Å². The lowest BCUT2D eigenvalue weighted by atomic mass is 10.2. The van der Waals surface area contributed by atoms with Crippen molar-refractivity contribution in [3.63, 3.8) is 0 Å². The lowest BCUT2D eigenvalue weighted by molar-refractivity contribution is 0.442. The van der Waals surface area contributed by atoms with Gasteiger partial charge in [-0.05, 0) is 12.1 Å². The molecule has 5 nitrogen and oxygen atoms in total. The minimum absolute atomic E-state index is 0.0268. The summed E-state index contributed by atoms with van der Waals surface area (Å²) < 4.78 is 27.4. The summed E-state index contributed by atoms with van der Waals surface area (Å²) in [6, 6.07) is 4.84. The van der Waals surface area contributed by atoms with E-state index < -0.39 is 15.1 Å². The third-order valence-corrected chi connectivity index (χ3v) is 3.33. The highest BCUT2D eigenvalue weighted by molar-refractivity contribution is 7.90. The molecule has 0 aliphatic rings. The van der Waals surface area contributed by atoms with E-state index in [0.29, 0.717) is 15.6 Å². The van der Waals surface area contributed by atoms with Gasteiger partial charge < -0.3 is 4.42 Å². The lowest BCUT2D eigenvalue weighted by Gasteiger charge is -2.00. The summed E-state index contributed by atoms with van der Waals surface area (Å²) in [5, 5.41) is 7.18. The number of rotatable bonds is 2. The third kappa shape index (κ3) is 2.43. The van der Waals surface area contributed by atoms with Crippen LogP contribution in [-0.2, 0) is 9.84 Å². The van der Waals surface area contributed by atoms with Crippen molar-refractivity contribution in [3.8, 4) is 11.5 Å². The van der Waals surface area contributed by atoms with Gasteiger partial charge >= 0.3 is 5.22 Å². The van der Waals surface area contributed by atoms with Gasteiger partial charge in [-0.3, -0.25) is 0 Å². The molecule has 0 aliphatic carbocycles. The zero-order valence-corrected chi connectivity index (χ0v) is 10.8. The average molecular weight is 293 g/mol. The maximum absolute atomic E-state index is 11.2. The molecule has 0 amide bonds. The molecule has 1 aromatic carbocycles. The fourth-order valence-corrected chi connectivity index (χ4v) is 2.14. The van der Waals surface area contributed by atoms with E-state index in [0.717, 1.165) is 6.26 Å². The summed E-state index contributed by atoms with van der Waals surface area (Å²) in [6.07, 6.45) is 0.971. The normalized spacial score (nSPS) is 11.7. The topological polar surface area (TPSA) is 73.1 Å². The number of sulfone groups is 1. The maximum atomic E-state index is 11.2. The number of nitrogens with zero attached hydrogens (tertiary/aromatic N) is 2. The van der Waals surface area contributed by atoms with E-state index in [1.54, 1.807) is 18.2 Å². The highest BCUT2D eigenvalue weighted by atomic mass is 35.5. The van der Waals surface area contributed by atoms with Crippen LogP contribution in [0.15, 0.2) is 27.8 Å². The van der Waals surface area contributed by atoms with Crippen molar-refractivity contribution in [1.29, 1.82) is 0 Å². The molecule has 0 bridgehead atoms. The second-order valence-electron chi connectivity index (χ2n) is 3.24. The largest absolute Gasteiger partial charge is 0.408 e. The van der Waals surface area contributed by atoms with Gasteiger partial charge in [0.2, 0.25) is 9.84 Å². The number of benzene rings is 1. The van der Waals surface area contributed by atoms with Crippen molar-refractivity contribution in [2.75, 3.05) is 6.26 Å². The fraction of sp³-hybridized carbons (Fsp3) is 0.111. The second kappa shape index (κ2) is 4.29. The maximum Gasteiger partial charge on any atom is 0.335 e. The Morgan fingerprint density at radius 3 is 2.24 bits per heavy atom. The van der Waals surface area contributed by atoms with Gasteiger partial charge in [-0.25, -0.2) is 8.42 Å². The molecule has 2 aromatic rings. The van der Waals surface area contributed by atoms with E-state index in [1.807, 2.05) is 0 Å². The van der Waals surface area contributed by atoms with Gasteiger partial charge in [0.05, 0.1) is 15.6 Å². The van der Waals surface area contributed by atoms with E-state index >= 15 is 0 Å². The van der Waals surface area contributed by atoms with Crippen molar-refractivity contribution < 1.29 is 12.8 Å². The highest BCUT2D eigenvalue weighted by Crippen LogP contribution is 2.33. The minimum Gasteiger partial charge on any atom is -0.408 e. The molecule has 0 spiro atoms. The molecule has 8 heteroatoms. The molecule has 0 unspecified atom stereocenters. The zero-order valence-electron chi connectivity index (χ0n) is 8.52. The molecule has 0 atom stereocenters. The van der Waals surface area contributed by atoms with E-state index in [2.05, 4.69) is 10.2 Å². The van der Waals surface area contributed by atoms with Crippen molar-refractivity contribution in [2.24, 2.45) is 0 Å². The van der Waals surface area contributed by atoms with Gasteiger partial charge in [-0.15, -0.1) is 5.10 Å². The molecule has 0 saturated carbocycles. The van der Waals surface area contributed by atoms with E-state index in [-0.39, 0.29) is 5.89 Å². The van der Waals surface area contributed by atoms with Crippen LogP contribution in [0.1, 0.15) is 0 Å². The Balaban J connectivity index is 2.59. The number of hydrogen-bond acceptors (Lipinski definition) is 5. The summed E-state index contributed by atoms with van der Waals surface area (Å²) in [6.45, 7) is 0. The van der Waals surface area contributed by atoms with E-state index in [1.165, 1.54) is 0 Å². The summed E-state index contributed by atoms with van der Waals surface area (Å²) in [4.78, 5) is 0. The molecule has 2 rings (SSSR count). The molecule has 0 aliphatic heterocycles. The molecule has 90 valence electrons. The Kier molecular flexibility index (Phi) is 3.11. The van der Waals surface area contributed by atoms with Gasteiger partial charge in [0.25, 0.3) is 5.89 Å². The summed E-state index contributed by atoms with van der Waals surface area (Å²) in [7, 11) is -3.54. The second-order valence-corrected chi connectivity index (χ2v) is 5.95. The molecular formula is C9H6Cl2N2O3S. The van der Waals surface area contributed by atoms with Crippen molar-refractivity contribution >= 4 is 33.0 Å². The Hall–Kier alpha value is -1.11. The SMILES string of the molecule is CS(=O)(=O)c1nnc(-c2c(Cl)cccc2Cl)o1. The first-order valence-electron chi connectivity index (χ1n) is 4.37. The molecule has 0 fully saturated rings. The summed E-state index contributed by atoms with van der Waals surface area (Å²) in [5.74, 6) is -0.0268.